The Balaban J connectivity index is 1.42. The molecular formula is C27H27FN2O. The van der Waals surface area contributed by atoms with Gasteiger partial charge in [0, 0.05) is 23.6 Å². The van der Waals surface area contributed by atoms with Crippen LogP contribution in [0.25, 0.3) is 10.9 Å². The topological polar surface area (TPSA) is 53.8 Å². The SMILES string of the molecule is CC[C@H](CC(=O)c1ccc(C#N)cc1)C1CCC(c2ccnc3ccc(F)cc23)CC1. The highest BCUT2D eigenvalue weighted by molar-refractivity contribution is 5.96. The van der Waals surface area contributed by atoms with Crippen LogP contribution < -0.4 is 0 Å². The Hall–Kier alpha value is -3.06. The summed E-state index contributed by atoms with van der Waals surface area (Å²) in [6.45, 7) is 2.17. The van der Waals surface area contributed by atoms with Gasteiger partial charge in [0.25, 0.3) is 0 Å². The van der Waals surface area contributed by atoms with E-state index in [9.17, 15) is 9.18 Å². The number of pyridine rings is 1. The van der Waals surface area contributed by atoms with E-state index < -0.39 is 0 Å². The fourth-order valence-electron chi connectivity index (χ4n) is 5.13. The van der Waals surface area contributed by atoms with Gasteiger partial charge in [0.15, 0.2) is 5.78 Å². The van der Waals surface area contributed by atoms with Crippen LogP contribution in [0.2, 0.25) is 0 Å². The molecule has 0 aliphatic heterocycles. The molecule has 1 aromatic heterocycles. The number of rotatable bonds is 6. The number of carbonyl (C=O) groups is 1. The van der Waals surface area contributed by atoms with Gasteiger partial charge < -0.3 is 0 Å². The highest BCUT2D eigenvalue weighted by atomic mass is 19.1. The molecular weight excluding hydrogens is 387 g/mol. The summed E-state index contributed by atoms with van der Waals surface area (Å²) in [5.41, 5.74) is 3.31. The van der Waals surface area contributed by atoms with E-state index in [0.717, 1.165) is 43.0 Å². The third-order valence-corrected chi connectivity index (χ3v) is 6.92. The third kappa shape index (κ3) is 4.66. The van der Waals surface area contributed by atoms with Crippen molar-refractivity contribution in [1.82, 2.24) is 4.98 Å². The van der Waals surface area contributed by atoms with Crippen LogP contribution in [0.5, 0.6) is 0 Å². The number of nitrogens with zero attached hydrogens (tertiary/aromatic N) is 2. The van der Waals surface area contributed by atoms with Gasteiger partial charge in [0.1, 0.15) is 5.82 Å². The number of Topliss-reactive ketones (excluding diaryl/α,β-unsaturated/α-hetero) is 1. The van der Waals surface area contributed by atoms with Gasteiger partial charge in [-0.1, -0.05) is 25.5 Å². The number of halogens is 1. The van der Waals surface area contributed by atoms with E-state index >= 15 is 0 Å². The van der Waals surface area contributed by atoms with E-state index in [0.29, 0.717) is 35.3 Å². The normalized spacial score (nSPS) is 19.6. The second-order valence-corrected chi connectivity index (χ2v) is 8.66. The summed E-state index contributed by atoms with van der Waals surface area (Å²) in [6, 6.07) is 15.9. The summed E-state index contributed by atoms with van der Waals surface area (Å²) >= 11 is 0. The second kappa shape index (κ2) is 9.39. The maximum Gasteiger partial charge on any atom is 0.163 e. The summed E-state index contributed by atoms with van der Waals surface area (Å²) < 4.78 is 13.8. The molecule has 0 amide bonds. The Morgan fingerprint density at radius 3 is 2.55 bits per heavy atom. The molecule has 1 fully saturated rings. The number of nitriles is 1. The van der Waals surface area contributed by atoms with Gasteiger partial charge >= 0.3 is 0 Å². The average molecular weight is 415 g/mol. The zero-order valence-electron chi connectivity index (χ0n) is 17.9. The Labute approximate surface area is 182 Å². The lowest BCUT2D eigenvalue weighted by atomic mass is 9.71. The minimum atomic E-state index is -0.220. The van der Waals surface area contributed by atoms with Crippen LogP contribution in [0.4, 0.5) is 4.39 Å². The van der Waals surface area contributed by atoms with Crippen molar-refractivity contribution >= 4 is 16.7 Å². The number of fused-ring (bicyclic) bond motifs is 1. The van der Waals surface area contributed by atoms with Crippen molar-refractivity contribution in [2.75, 3.05) is 0 Å². The van der Waals surface area contributed by atoms with E-state index in [1.54, 1.807) is 36.4 Å². The van der Waals surface area contributed by atoms with Gasteiger partial charge in [-0.25, -0.2) is 4.39 Å². The van der Waals surface area contributed by atoms with Crippen LogP contribution in [-0.4, -0.2) is 10.8 Å². The monoisotopic (exact) mass is 414 g/mol. The van der Waals surface area contributed by atoms with E-state index in [1.165, 1.54) is 11.6 Å². The molecule has 2 aromatic carbocycles. The molecule has 1 saturated carbocycles. The molecule has 0 bridgehead atoms. The molecule has 4 heteroatoms. The molecule has 0 unspecified atom stereocenters. The van der Waals surface area contributed by atoms with Crippen LogP contribution >= 0.6 is 0 Å². The maximum absolute atomic E-state index is 13.8. The van der Waals surface area contributed by atoms with Gasteiger partial charge in [0.05, 0.1) is 17.1 Å². The molecule has 3 nitrogen and oxygen atoms in total. The Kier molecular flexibility index (Phi) is 6.42. The molecule has 0 radical (unpaired) electrons. The standard InChI is InChI=1S/C27H27FN2O/c1-2-19(15-27(31)22-5-3-18(17-29)4-6-22)20-7-9-21(10-8-20)24-13-14-30-26-12-11-23(28)16-25(24)26/h3-6,11-14,16,19-21H,2,7-10,15H2,1H3/t19-,20?,21?/m1/s1. The quantitative estimate of drug-likeness (QED) is 0.416. The van der Waals surface area contributed by atoms with Crippen LogP contribution in [-0.2, 0) is 0 Å². The second-order valence-electron chi connectivity index (χ2n) is 8.66. The van der Waals surface area contributed by atoms with E-state index in [2.05, 4.69) is 18.0 Å². The molecule has 1 atom stereocenters. The lowest BCUT2D eigenvalue weighted by molar-refractivity contribution is 0.0926. The lowest BCUT2D eigenvalue weighted by Crippen LogP contribution is -2.23. The molecule has 0 saturated heterocycles. The smallest absolute Gasteiger partial charge is 0.163 e. The summed E-state index contributed by atoms with van der Waals surface area (Å²) in [7, 11) is 0. The fraction of sp³-hybridized carbons (Fsp3) is 0.370. The van der Waals surface area contributed by atoms with Crippen molar-refractivity contribution in [3.63, 3.8) is 0 Å². The first-order valence-corrected chi connectivity index (χ1v) is 11.2. The summed E-state index contributed by atoms with van der Waals surface area (Å²) in [5.74, 6) is 1.26. The van der Waals surface area contributed by atoms with E-state index in [4.69, 9.17) is 5.26 Å². The maximum atomic E-state index is 13.8. The molecule has 3 aromatic rings. The predicted molar refractivity (Wildman–Crippen MR) is 120 cm³/mol. The molecule has 4 rings (SSSR count). The van der Waals surface area contributed by atoms with Gasteiger partial charge in [-0.3, -0.25) is 9.78 Å². The third-order valence-electron chi connectivity index (χ3n) is 6.92. The first-order chi connectivity index (χ1) is 15.1. The molecule has 1 heterocycles. The summed E-state index contributed by atoms with van der Waals surface area (Å²) in [4.78, 5) is 17.2. The van der Waals surface area contributed by atoms with E-state index in [-0.39, 0.29) is 11.6 Å². The van der Waals surface area contributed by atoms with Crippen LogP contribution in [0.15, 0.2) is 54.7 Å². The van der Waals surface area contributed by atoms with Crippen molar-refractivity contribution in [2.45, 2.75) is 51.4 Å². The van der Waals surface area contributed by atoms with Crippen molar-refractivity contribution in [2.24, 2.45) is 11.8 Å². The average Bonchev–Trinajstić information content (AvgIpc) is 2.82. The minimum absolute atomic E-state index is 0.161. The molecule has 158 valence electrons. The van der Waals surface area contributed by atoms with Crippen LogP contribution in [0, 0.1) is 29.0 Å². The number of hydrogen-bond acceptors (Lipinski definition) is 3. The van der Waals surface area contributed by atoms with Crippen molar-refractivity contribution in [1.29, 1.82) is 5.26 Å². The Morgan fingerprint density at radius 2 is 1.87 bits per heavy atom. The number of hydrogen-bond donors (Lipinski definition) is 0. The van der Waals surface area contributed by atoms with Crippen molar-refractivity contribution in [3.05, 3.63) is 77.2 Å². The van der Waals surface area contributed by atoms with E-state index in [1.807, 2.05) is 12.3 Å². The Morgan fingerprint density at radius 1 is 1.13 bits per heavy atom. The molecule has 31 heavy (non-hydrogen) atoms. The lowest BCUT2D eigenvalue weighted by Gasteiger charge is -2.34. The first kappa shape index (κ1) is 21.2. The molecule has 1 aliphatic rings. The predicted octanol–water partition coefficient (Wildman–Crippen LogP) is 6.82. The zero-order valence-corrected chi connectivity index (χ0v) is 17.9. The van der Waals surface area contributed by atoms with Gasteiger partial charge in [-0.2, -0.15) is 5.26 Å². The number of ketones is 1. The van der Waals surface area contributed by atoms with Crippen molar-refractivity contribution < 1.29 is 9.18 Å². The molecule has 1 aliphatic carbocycles. The number of benzene rings is 2. The molecule has 0 N–H and O–H groups in total. The first-order valence-electron chi connectivity index (χ1n) is 11.2. The number of carbonyl (C=O) groups excluding carboxylic acids is 1. The highest BCUT2D eigenvalue weighted by Crippen LogP contribution is 2.42. The van der Waals surface area contributed by atoms with Gasteiger partial charge in [-0.05, 0) is 85.4 Å². The zero-order chi connectivity index (χ0) is 21.8. The van der Waals surface area contributed by atoms with Crippen LogP contribution in [0.1, 0.15) is 72.9 Å². The fourth-order valence-corrected chi connectivity index (χ4v) is 5.13. The highest BCUT2D eigenvalue weighted by Gasteiger charge is 2.29. The largest absolute Gasteiger partial charge is 0.294 e. The molecule has 0 spiro atoms. The minimum Gasteiger partial charge on any atom is -0.294 e. The van der Waals surface area contributed by atoms with Gasteiger partial charge in [-0.15, -0.1) is 0 Å². The van der Waals surface area contributed by atoms with Crippen molar-refractivity contribution in [3.8, 4) is 6.07 Å². The summed E-state index contributed by atoms with van der Waals surface area (Å²) in [6.07, 6.45) is 7.66. The summed E-state index contributed by atoms with van der Waals surface area (Å²) in [5, 5.41) is 9.86. The number of aromatic nitrogens is 1. The van der Waals surface area contributed by atoms with Crippen LogP contribution in [0.3, 0.4) is 0 Å². The van der Waals surface area contributed by atoms with Gasteiger partial charge in [0.2, 0.25) is 0 Å². The Bertz CT molecular complexity index is 1110.